The minimum Gasteiger partial charge on any atom is -0.478 e. The van der Waals surface area contributed by atoms with Gasteiger partial charge in [-0.2, -0.15) is 5.10 Å². The van der Waals surface area contributed by atoms with E-state index in [1.54, 1.807) is 16.8 Å². The number of carbonyl (C=O) groups is 1. The molecule has 2 aromatic heterocycles. The van der Waals surface area contributed by atoms with E-state index in [9.17, 15) is 4.79 Å². The number of aromatic nitrogens is 4. The summed E-state index contributed by atoms with van der Waals surface area (Å²) in [7, 11) is 0. The molecule has 0 atom stereocenters. The van der Waals surface area contributed by atoms with Gasteiger partial charge in [0.1, 0.15) is 24.7 Å². The molecule has 0 saturated carbocycles. The van der Waals surface area contributed by atoms with Gasteiger partial charge in [-0.15, -0.1) is 0 Å². The molecule has 0 saturated heterocycles. The van der Waals surface area contributed by atoms with Crippen LogP contribution in [0.4, 0.5) is 0 Å². The van der Waals surface area contributed by atoms with E-state index in [4.69, 9.17) is 9.52 Å². The fourth-order valence-corrected chi connectivity index (χ4v) is 1.69. The van der Waals surface area contributed by atoms with Gasteiger partial charge in [-0.1, -0.05) is 6.07 Å². The molecule has 0 radical (unpaired) electrons. The van der Waals surface area contributed by atoms with E-state index in [-0.39, 0.29) is 5.56 Å². The summed E-state index contributed by atoms with van der Waals surface area (Å²) >= 11 is 0. The lowest BCUT2D eigenvalue weighted by molar-refractivity contribution is 0.0699. The van der Waals surface area contributed by atoms with Crippen LogP contribution in [-0.4, -0.2) is 30.8 Å². The van der Waals surface area contributed by atoms with Gasteiger partial charge in [0, 0.05) is 0 Å². The highest BCUT2D eigenvalue weighted by atomic mass is 16.4. The Morgan fingerprint density at radius 1 is 1.44 bits per heavy atom. The Morgan fingerprint density at radius 2 is 2.33 bits per heavy atom. The molecule has 0 unspecified atom stereocenters. The van der Waals surface area contributed by atoms with Gasteiger partial charge in [-0.05, 0) is 12.1 Å². The minimum atomic E-state index is -1.03. The van der Waals surface area contributed by atoms with E-state index in [1.807, 2.05) is 0 Å². The first-order chi connectivity index (χ1) is 8.74. The normalized spacial score (nSPS) is 10.9. The summed E-state index contributed by atoms with van der Waals surface area (Å²) in [4.78, 5) is 19.0. The van der Waals surface area contributed by atoms with E-state index < -0.39 is 5.97 Å². The third-order valence-corrected chi connectivity index (χ3v) is 2.46. The van der Waals surface area contributed by atoms with Crippen molar-refractivity contribution in [1.82, 2.24) is 19.7 Å². The van der Waals surface area contributed by atoms with Crippen LogP contribution in [0.2, 0.25) is 0 Å². The largest absolute Gasteiger partial charge is 0.478 e. The first-order valence-corrected chi connectivity index (χ1v) is 5.18. The van der Waals surface area contributed by atoms with Crippen LogP contribution in [0.5, 0.6) is 0 Å². The van der Waals surface area contributed by atoms with E-state index in [2.05, 4.69) is 15.1 Å². The van der Waals surface area contributed by atoms with Crippen LogP contribution in [0.25, 0.3) is 11.1 Å². The quantitative estimate of drug-likeness (QED) is 0.743. The van der Waals surface area contributed by atoms with Crippen LogP contribution in [0, 0.1) is 0 Å². The standard InChI is InChI=1S/C11H8N4O3/c16-11(17)7-2-1-3-8-10(7)14-9(18-8)4-15-6-12-5-13-15/h1-3,5-6H,4H2,(H,16,17). The fourth-order valence-electron chi connectivity index (χ4n) is 1.69. The number of benzene rings is 1. The lowest BCUT2D eigenvalue weighted by Gasteiger charge is -1.92. The van der Waals surface area contributed by atoms with Gasteiger partial charge in [-0.25, -0.2) is 19.4 Å². The van der Waals surface area contributed by atoms with Crippen molar-refractivity contribution in [2.75, 3.05) is 0 Å². The maximum absolute atomic E-state index is 11.0. The molecule has 0 fully saturated rings. The van der Waals surface area contributed by atoms with Crippen LogP contribution in [-0.2, 0) is 6.54 Å². The lowest BCUT2D eigenvalue weighted by Crippen LogP contribution is -2.00. The third kappa shape index (κ3) is 1.71. The predicted molar refractivity (Wildman–Crippen MR) is 60.1 cm³/mol. The van der Waals surface area contributed by atoms with Crippen molar-refractivity contribution in [3.63, 3.8) is 0 Å². The highest BCUT2D eigenvalue weighted by Gasteiger charge is 2.14. The molecule has 0 amide bonds. The van der Waals surface area contributed by atoms with Crippen molar-refractivity contribution < 1.29 is 14.3 Å². The Labute approximate surface area is 101 Å². The number of nitrogens with zero attached hydrogens (tertiary/aromatic N) is 4. The number of oxazole rings is 1. The molecule has 18 heavy (non-hydrogen) atoms. The lowest BCUT2D eigenvalue weighted by atomic mass is 10.2. The van der Waals surface area contributed by atoms with Gasteiger partial charge in [0.2, 0.25) is 5.89 Å². The molecule has 0 aliphatic carbocycles. The number of fused-ring (bicyclic) bond motifs is 1. The molecule has 0 aliphatic heterocycles. The molecule has 3 aromatic rings. The summed E-state index contributed by atoms with van der Waals surface area (Å²) in [6, 6.07) is 4.79. The summed E-state index contributed by atoms with van der Waals surface area (Å²) in [5.74, 6) is -0.634. The van der Waals surface area contributed by atoms with Crippen molar-refractivity contribution in [3.8, 4) is 0 Å². The summed E-state index contributed by atoms with van der Waals surface area (Å²) in [6.45, 7) is 0.313. The van der Waals surface area contributed by atoms with Gasteiger partial charge in [0.15, 0.2) is 5.58 Å². The molecule has 7 heteroatoms. The SMILES string of the molecule is O=C(O)c1cccc2oc(Cn3cncn3)nc12. The van der Waals surface area contributed by atoms with E-state index >= 15 is 0 Å². The van der Waals surface area contributed by atoms with Gasteiger partial charge < -0.3 is 9.52 Å². The second kappa shape index (κ2) is 3.95. The maximum Gasteiger partial charge on any atom is 0.338 e. The van der Waals surface area contributed by atoms with Gasteiger partial charge >= 0.3 is 5.97 Å². The average Bonchev–Trinajstić information content (AvgIpc) is 2.96. The number of carboxylic acids is 1. The average molecular weight is 244 g/mol. The van der Waals surface area contributed by atoms with Crippen molar-refractivity contribution in [2.24, 2.45) is 0 Å². The minimum absolute atomic E-state index is 0.126. The highest BCUT2D eigenvalue weighted by Crippen LogP contribution is 2.20. The Kier molecular flexibility index (Phi) is 2.30. The molecule has 90 valence electrons. The monoisotopic (exact) mass is 244 g/mol. The summed E-state index contributed by atoms with van der Waals surface area (Å²) in [6.07, 6.45) is 2.94. The summed E-state index contributed by atoms with van der Waals surface area (Å²) in [5.41, 5.74) is 0.922. The van der Waals surface area contributed by atoms with Crippen LogP contribution >= 0.6 is 0 Å². The number of carboxylic acid groups (broad SMARTS) is 1. The van der Waals surface area contributed by atoms with Crippen molar-refractivity contribution in [1.29, 1.82) is 0 Å². The molecule has 1 aromatic carbocycles. The van der Waals surface area contributed by atoms with Crippen LogP contribution < -0.4 is 0 Å². The summed E-state index contributed by atoms with van der Waals surface area (Å²) < 4.78 is 7.02. The summed E-state index contributed by atoms with van der Waals surface area (Å²) in [5, 5.41) is 13.0. The Morgan fingerprint density at radius 3 is 3.06 bits per heavy atom. The molecule has 0 aliphatic rings. The van der Waals surface area contributed by atoms with Gasteiger partial charge in [0.25, 0.3) is 0 Å². The Hall–Kier alpha value is -2.70. The highest BCUT2D eigenvalue weighted by molar-refractivity contribution is 6.00. The van der Waals surface area contributed by atoms with Crippen molar-refractivity contribution in [2.45, 2.75) is 6.54 Å². The number of para-hydroxylation sites is 1. The van der Waals surface area contributed by atoms with Crippen molar-refractivity contribution in [3.05, 3.63) is 42.3 Å². The smallest absolute Gasteiger partial charge is 0.338 e. The molecule has 1 N–H and O–H groups in total. The zero-order valence-corrected chi connectivity index (χ0v) is 9.15. The number of aromatic carboxylic acids is 1. The topological polar surface area (TPSA) is 94.0 Å². The molecule has 0 bridgehead atoms. The molecule has 3 rings (SSSR count). The van der Waals surface area contributed by atoms with Crippen molar-refractivity contribution >= 4 is 17.1 Å². The van der Waals surface area contributed by atoms with Gasteiger partial charge in [-0.3, -0.25) is 0 Å². The predicted octanol–water partition coefficient (Wildman–Crippen LogP) is 1.17. The Bertz CT molecular complexity index is 702. The Balaban J connectivity index is 2.05. The van der Waals surface area contributed by atoms with E-state index in [0.717, 1.165) is 0 Å². The molecule has 2 heterocycles. The van der Waals surface area contributed by atoms with Crippen LogP contribution in [0.1, 0.15) is 16.2 Å². The molecule has 7 nitrogen and oxygen atoms in total. The van der Waals surface area contributed by atoms with Gasteiger partial charge in [0.05, 0.1) is 5.56 Å². The van der Waals surface area contributed by atoms with Crippen LogP contribution in [0.3, 0.4) is 0 Å². The van der Waals surface area contributed by atoms with E-state index in [0.29, 0.717) is 23.5 Å². The molecule has 0 spiro atoms. The number of rotatable bonds is 3. The second-order valence-electron chi connectivity index (χ2n) is 3.66. The number of hydrogen-bond donors (Lipinski definition) is 1. The van der Waals surface area contributed by atoms with E-state index in [1.165, 1.54) is 18.7 Å². The maximum atomic E-state index is 11.0. The molecular formula is C11H8N4O3. The zero-order valence-electron chi connectivity index (χ0n) is 9.15. The molecular weight excluding hydrogens is 236 g/mol. The zero-order chi connectivity index (χ0) is 12.5. The first kappa shape index (κ1) is 10.5. The first-order valence-electron chi connectivity index (χ1n) is 5.18. The fraction of sp³-hybridized carbons (Fsp3) is 0.0909. The third-order valence-electron chi connectivity index (χ3n) is 2.46. The number of hydrogen-bond acceptors (Lipinski definition) is 5. The second-order valence-corrected chi connectivity index (χ2v) is 3.66. The van der Waals surface area contributed by atoms with Crippen LogP contribution in [0.15, 0.2) is 35.3 Å².